The molecule has 0 amide bonds. The first-order valence-electron chi connectivity index (χ1n) is 3.89. The molecule has 0 spiro atoms. The summed E-state index contributed by atoms with van der Waals surface area (Å²) in [5, 5.41) is 0. The van der Waals surface area contributed by atoms with E-state index in [9.17, 15) is 0 Å². The normalized spacial score (nSPS) is 14.0. The Hall–Kier alpha value is -1.64. The molecule has 1 aromatic heterocycles. The van der Waals surface area contributed by atoms with E-state index < -0.39 is 0 Å². The Morgan fingerprint density at radius 3 is 3.33 bits per heavy atom. The minimum Gasteiger partial charge on any atom is -0.345 e. The number of hydrogen-bond acceptors (Lipinski definition) is 2. The monoisotopic (exact) mass is 157 g/mol. The van der Waals surface area contributed by atoms with Gasteiger partial charge in [0.2, 0.25) is 0 Å². The van der Waals surface area contributed by atoms with Gasteiger partial charge in [0.15, 0.2) is 0 Å². The van der Waals surface area contributed by atoms with E-state index in [0.717, 1.165) is 17.6 Å². The Morgan fingerprint density at radius 1 is 1.33 bits per heavy atom. The first-order chi connectivity index (χ1) is 5.93. The second-order valence-corrected chi connectivity index (χ2v) is 2.94. The minimum atomic E-state index is 0.810. The summed E-state index contributed by atoms with van der Waals surface area (Å²) in [6.45, 7) is 0.810. The van der Waals surface area contributed by atoms with Crippen LogP contribution in [0, 0.1) is 0 Å². The molecule has 0 saturated carbocycles. The van der Waals surface area contributed by atoms with Gasteiger partial charge in [-0.15, -0.1) is 0 Å². The van der Waals surface area contributed by atoms with Crippen LogP contribution in [0.25, 0.3) is 11.0 Å². The zero-order valence-electron chi connectivity index (χ0n) is 6.41. The van der Waals surface area contributed by atoms with Gasteiger partial charge in [-0.2, -0.15) is 0 Å². The van der Waals surface area contributed by atoms with E-state index in [2.05, 4.69) is 27.1 Å². The van der Waals surface area contributed by atoms with Gasteiger partial charge in [0, 0.05) is 6.21 Å². The van der Waals surface area contributed by atoms with Gasteiger partial charge in [0.1, 0.15) is 0 Å². The Balaban J connectivity index is 2.43. The highest BCUT2D eigenvalue weighted by Crippen LogP contribution is 2.19. The maximum absolute atomic E-state index is 4.19. The van der Waals surface area contributed by atoms with Crippen molar-refractivity contribution in [3.05, 3.63) is 29.6 Å². The second-order valence-electron chi connectivity index (χ2n) is 2.94. The van der Waals surface area contributed by atoms with E-state index in [0.29, 0.717) is 0 Å². The summed E-state index contributed by atoms with van der Waals surface area (Å²) >= 11 is 0. The highest BCUT2D eigenvalue weighted by molar-refractivity contribution is 5.91. The molecule has 1 N–H and O–H groups in total. The van der Waals surface area contributed by atoms with E-state index >= 15 is 0 Å². The van der Waals surface area contributed by atoms with Gasteiger partial charge in [-0.25, -0.2) is 4.98 Å². The summed E-state index contributed by atoms with van der Waals surface area (Å²) in [5.74, 6) is 0. The SMILES string of the molecule is C1=NCc2cc3[nH]cnc3cc21. The van der Waals surface area contributed by atoms with Crippen LogP contribution in [-0.4, -0.2) is 16.2 Å². The third kappa shape index (κ3) is 0.652. The molecular weight excluding hydrogens is 150 g/mol. The number of nitrogens with one attached hydrogen (secondary N) is 1. The maximum Gasteiger partial charge on any atom is 0.0931 e. The zero-order chi connectivity index (χ0) is 7.97. The minimum absolute atomic E-state index is 0.810. The van der Waals surface area contributed by atoms with Crippen molar-refractivity contribution in [3.63, 3.8) is 0 Å². The summed E-state index contributed by atoms with van der Waals surface area (Å²) in [6.07, 6.45) is 3.63. The van der Waals surface area contributed by atoms with Gasteiger partial charge in [-0.05, 0) is 23.3 Å². The fourth-order valence-corrected chi connectivity index (χ4v) is 1.54. The Morgan fingerprint density at radius 2 is 2.33 bits per heavy atom. The Labute approximate surface area is 69.2 Å². The molecule has 2 aromatic rings. The lowest BCUT2D eigenvalue weighted by molar-refractivity contribution is 1.11. The van der Waals surface area contributed by atoms with Crippen LogP contribution in [0.15, 0.2) is 23.5 Å². The predicted octanol–water partition coefficient (Wildman–Crippen LogP) is 1.50. The van der Waals surface area contributed by atoms with Gasteiger partial charge in [0.05, 0.1) is 23.9 Å². The van der Waals surface area contributed by atoms with E-state index in [4.69, 9.17) is 0 Å². The van der Waals surface area contributed by atoms with Gasteiger partial charge in [0.25, 0.3) is 0 Å². The van der Waals surface area contributed by atoms with Crippen LogP contribution in [0.2, 0.25) is 0 Å². The molecule has 12 heavy (non-hydrogen) atoms. The molecule has 0 fully saturated rings. The standard InChI is InChI=1S/C9H7N3/c1-6-3-10-4-7(6)2-9-8(1)11-5-12-9/h1-3,5H,4H2,(H,11,12). The lowest BCUT2D eigenvalue weighted by atomic mass is 10.1. The average Bonchev–Trinajstić information content (AvgIpc) is 2.64. The number of fused-ring (bicyclic) bond motifs is 2. The van der Waals surface area contributed by atoms with Crippen molar-refractivity contribution >= 4 is 17.2 Å². The van der Waals surface area contributed by atoms with Crippen LogP contribution in [-0.2, 0) is 6.54 Å². The summed E-state index contributed by atoms with van der Waals surface area (Å²) in [5.41, 5.74) is 4.60. The molecule has 3 nitrogen and oxygen atoms in total. The van der Waals surface area contributed by atoms with Crippen LogP contribution in [0.5, 0.6) is 0 Å². The number of hydrogen-bond donors (Lipinski definition) is 1. The van der Waals surface area contributed by atoms with Crippen molar-refractivity contribution in [3.8, 4) is 0 Å². The molecule has 0 bridgehead atoms. The molecule has 1 aliphatic heterocycles. The smallest absolute Gasteiger partial charge is 0.0931 e. The van der Waals surface area contributed by atoms with Crippen molar-refractivity contribution in [2.45, 2.75) is 6.54 Å². The summed E-state index contributed by atoms with van der Waals surface area (Å²) in [4.78, 5) is 11.4. The van der Waals surface area contributed by atoms with Crippen molar-refractivity contribution in [1.29, 1.82) is 0 Å². The molecule has 3 rings (SSSR count). The Kier molecular flexibility index (Phi) is 0.961. The van der Waals surface area contributed by atoms with Crippen molar-refractivity contribution < 1.29 is 0 Å². The van der Waals surface area contributed by atoms with E-state index in [1.807, 2.05) is 6.21 Å². The van der Waals surface area contributed by atoms with Gasteiger partial charge < -0.3 is 4.98 Å². The first-order valence-corrected chi connectivity index (χ1v) is 3.89. The highest BCUT2D eigenvalue weighted by Gasteiger charge is 2.07. The molecule has 3 heteroatoms. The van der Waals surface area contributed by atoms with E-state index in [1.54, 1.807) is 6.33 Å². The third-order valence-electron chi connectivity index (χ3n) is 2.17. The van der Waals surface area contributed by atoms with Crippen molar-refractivity contribution in [2.24, 2.45) is 4.99 Å². The predicted molar refractivity (Wildman–Crippen MR) is 47.4 cm³/mol. The quantitative estimate of drug-likeness (QED) is 0.618. The van der Waals surface area contributed by atoms with Gasteiger partial charge in [-0.1, -0.05) is 0 Å². The molecule has 0 atom stereocenters. The highest BCUT2D eigenvalue weighted by atomic mass is 14.9. The molecule has 1 aromatic carbocycles. The lowest BCUT2D eigenvalue weighted by Gasteiger charge is -1.95. The van der Waals surface area contributed by atoms with Crippen molar-refractivity contribution in [1.82, 2.24) is 9.97 Å². The molecular formula is C9H7N3. The number of aromatic nitrogens is 2. The summed E-state index contributed by atoms with van der Waals surface area (Å²) in [7, 11) is 0. The molecule has 2 heterocycles. The molecule has 0 radical (unpaired) electrons. The van der Waals surface area contributed by atoms with Crippen LogP contribution in [0.4, 0.5) is 0 Å². The number of H-pyrrole nitrogens is 1. The molecule has 0 unspecified atom stereocenters. The average molecular weight is 157 g/mol. The topological polar surface area (TPSA) is 41.0 Å². The number of aromatic amines is 1. The zero-order valence-corrected chi connectivity index (χ0v) is 6.41. The van der Waals surface area contributed by atoms with Crippen molar-refractivity contribution in [2.75, 3.05) is 0 Å². The Bertz CT molecular complexity index is 468. The fraction of sp³-hybridized carbons (Fsp3) is 0.111. The van der Waals surface area contributed by atoms with Crippen LogP contribution in [0.3, 0.4) is 0 Å². The van der Waals surface area contributed by atoms with Gasteiger partial charge in [-0.3, -0.25) is 4.99 Å². The molecule has 0 saturated heterocycles. The molecule has 0 aliphatic carbocycles. The lowest BCUT2D eigenvalue weighted by Crippen LogP contribution is -1.83. The summed E-state index contributed by atoms with van der Waals surface area (Å²) < 4.78 is 0. The third-order valence-corrected chi connectivity index (χ3v) is 2.17. The number of aliphatic imine (C=N–C) groups is 1. The fourth-order valence-electron chi connectivity index (χ4n) is 1.54. The van der Waals surface area contributed by atoms with E-state index in [1.165, 1.54) is 11.1 Å². The number of imidazole rings is 1. The molecule has 1 aliphatic rings. The number of nitrogens with zero attached hydrogens (tertiary/aromatic N) is 2. The first kappa shape index (κ1) is 5.94. The van der Waals surface area contributed by atoms with E-state index in [-0.39, 0.29) is 0 Å². The number of benzene rings is 1. The second kappa shape index (κ2) is 1.94. The van der Waals surface area contributed by atoms with Crippen LogP contribution >= 0.6 is 0 Å². The molecule has 58 valence electrons. The van der Waals surface area contributed by atoms with Gasteiger partial charge >= 0.3 is 0 Å². The largest absolute Gasteiger partial charge is 0.345 e. The maximum atomic E-state index is 4.19. The number of rotatable bonds is 0. The summed E-state index contributed by atoms with van der Waals surface area (Å²) in [6, 6.07) is 4.18. The van der Waals surface area contributed by atoms with Crippen LogP contribution in [0.1, 0.15) is 11.1 Å². The van der Waals surface area contributed by atoms with Crippen LogP contribution < -0.4 is 0 Å².